The molecule has 0 unspecified atom stereocenters. The fourth-order valence-electron chi connectivity index (χ4n) is 3.65. The summed E-state index contributed by atoms with van der Waals surface area (Å²) in [5.74, 6) is 1.25. The summed E-state index contributed by atoms with van der Waals surface area (Å²) >= 11 is 1.41. The molecule has 0 aromatic heterocycles. The molecule has 4 rings (SSSR count). The van der Waals surface area contributed by atoms with Crippen LogP contribution in [0, 0.1) is 6.92 Å². The quantitative estimate of drug-likeness (QED) is 0.322. The lowest BCUT2D eigenvalue weighted by Gasteiger charge is -2.22. The number of hydrogen-bond donors (Lipinski definition) is 0. The fourth-order valence-corrected chi connectivity index (χ4v) is 4.74. The van der Waals surface area contributed by atoms with Gasteiger partial charge in [0.1, 0.15) is 6.61 Å². The summed E-state index contributed by atoms with van der Waals surface area (Å²) in [5.41, 5.74) is 3.96. The molecule has 3 aromatic carbocycles. The summed E-state index contributed by atoms with van der Waals surface area (Å²) in [5, 5.41) is 0.703. The van der Waals surface area contributed by atoms with E-state index in [0.717, 1.165) is 23.2 Å². The Labute approximate surface area is 211 Å². The van der Waals surface area contributed by atoms with Gasteiger partial charge in [0.05, 0.1) is 17.7 Å². The van der Waals surface area contributed by atoms with Gasteiger partial charge in [-0.05, 0) is 73.5 Å². The van der Waals surface area contributed by atoms with Crippen LogP contribution in [0.15, 0.2) is 82.7 Å². The third kappa shape index (κ3) is 5.95. The molecular formula is C29H30N2O3S. The normalized spacial score (nSPS) is 16.7. The lowest BCUT2D eigenvalue weighted by Crippen LogP contribution is -2.36. The minimum absolute atomic E-state index is 0.0291. The Balaban J connectivity index is 1.59. The van der Waals surface area contributed by atoms with Gasteiger partial charge in [0.25, 0.3) is 5.91 Å². The highest BCUT2D eigenvalue weighted by Gasteiger charge is 2.36. The van der Waals surface area contributed by atoms with Crippen molar-refractivity contribution in [2.24, 2.45) is 4.99 Å². The number of nitrogens with zero attached hydrogens (tertiary/aromatic N) is 2. The Hall–Kier alpha value is -3.51. The summed E-state index contributed by atoms with van der Waals surface area (Å²) in [7, 11) is 1.62. The molecule has 1 saturated heterocycles. The molecule has 1 aliphatic heterocycles. The zero-order chi connectivity index (χ0) is 24.8. The van der Waals surface area contributed by atoms with Crippen LogP contribution < -0.4 is 9.47 Å². The van der Waals surface area contributed by atoms with Crippen LogP contribution in [-0.2, 0) is 11.4 Å². The van der Waals surface area contributed by atoms with Crippen molar-refractivity contribution < 1.29 is 14.3 Å². The molecular weight excluding hydrogens is 456 g/mol. The van der Waals surface area contributed by atoms with Gasteiger partial charge in [0.15, 0.2) is 16.7 Å². The van der Waals surface area contributed by atoms with E-state index in [0.29, 0.717) is 28.2 Å². The van der Waals surface area contributed by atoms with Crippen LogP contribution in [0.1, 0.15) is 37.0 Å². The van der Waals surface area contributed by atoms with Gasteiger partial charge in [-0.1, -0.05) is 61.0 Å². The van der Waals surface area contributed by atoms with Crippen molar-refractivity contribution >= 4 is 34.6 Å². The molecule has 0 spiro atoms. The first-order valence-electron chi connectivity index (χ1n) is 11.7. The number of thioether (sulfide) groups is 1. The number of hydrogen-bond acceptors (Lipinski definition) is 5. The Morgan fingerprint density at radius 3 is 2.46 bits per heavy atom. The van der Waals surface area contributed by atoms with E-state index in [1.165, 1.54) is 17.3 Å². The van der Waals surface area contributed by atoms with E-state index < -0.39 is 0 Å². The number of rotatable bonds is 8. The van der Waals surface area contributed by atoms with Gasteiger partial charge in [-0.3, -0.25) is 9.69 Å². The van der Waals surface area contributed by atoms with Gasteiger partial charge >= 0.3 is 0 Å². The summed E-state index contributed by atoms with van der Waals surface area (Å²) in [6, 6.07) is 23.8. The van der Waals surface area contributed by atoms with E-state index in [1.54, 1.807) is 12.0 Å². The van der Waals surface area contributed by atoms with E-state index in [1.807, 2.05) is 92.7 Å². The third-order valence-corrected chi connectivity index (χ3v) is 6.83. The number of carbonyl (C=O) groups excluding carboxylic acids is 1. The lowest BCUT2D eigenvalue weighted by molar-refractivity contribution is -0.123. The van der Waals surface area contributed by atoms with Crippen molar-refractivity contribution in [2.75, 3.05) is 7.11 Å². The van der Waals surface area contributed by atoms with E-state index in [4.69, 9.17) is 14.5 Å². The molecule has 0 radical (unpaired) electrons. The SMILES string of the molecule is CC[C@H](C)N1C(=O)/C(=C\c2ccc(OCc3ccccc3)c(OC)c2)SC1=Nc1ccc(C)cc1. The van der Waals surface area contributed by atoms with Gasteiger partial charge in [0, 0.05) is 6.04 Å². The second kappa shape index (κ2) is 11.3. The highest BCUT2D eigenvalue weighted by atomic mass is 32.2. The summed E-state index contributed by atoms with van der Waals surface area (Å²) in [4.78, 5) is 20.6. The van der Waals surface area contributed by atoms with Gasteiger partial charge < -0.3 is 9.47 Å². The number of benzene rings is 3. The van der Waals surface area contributed by atoms with E-state index in [9.17, 15) is 4.79 Å². The first-order valence-corrected chi connectivity index (χ1v) is 12.5. The zero-order valence-corrected chi connectivity index (χ0v) is 21.3. The molecule has 0 bridgehead atoms. The topological polar surface area (TPSA) is 51.1 Å². The van der Waals surface area contributed by atoms with Crippen molar-refractivity contribution in [2.45, 2.75) is 39.8 Å². The highest BCUT2D eigenvalue weighted by Crippen LogP contribution is 2.37. The van der Waals surface area contributed by atoms with Crippen molar-refractivity contribution in [1.82, 2.24) is 4.90 Å². The van der Waals surface area contributed by atoms with Crippen LogP contribution in [0.5, 0.6) is 11.5 Å². The first-order chi connectivity index (χ1) is 17.0. The summed E-state index contributed by atoms with van der Waals surface area (Å²) in [6.07, 6.45) is 2.73. The molecule has 180 valence electrons. The van der Waals surface area contributed by atoms with Crippen molar-refractivity contribution in [3.8, 4) is 11.5 Å². The second-order valence-corrected chi connectivity index (χ2v) is 9.47. The van der Waals surface area contributed by atoms with Gasteiger partial charge in [-0.25, -0.2) is 4.99 Å². The Morgan fingerprint density at radius 1 is 1.03 bits per heavy atom. The van der Waals surface area contributed by atoms with Gasteiger partial charge in [0.2, 0.25) is 0 Å². The number of ether oxygens (including phenoxy) is 2. The van der Waals surface area contributed by atoms with Crippen LogP contribution in [0.4, 0.5) is 5.69 Å². The second-order valence-electron chi connectivity index (χ2n) is 8.46. The van der Waals surface area contributed by atoms with Crippen LogP contribution in [0.25, 0.3) is 6.08 Å². The molecule has 0 aliphatic carbocycles. The predicted molar refractivity (Wildman–Crippen MR) is 144 cm³/mol. The van der Waals surface area contributed by atoms with E-state index in [-0.39, 0.29) is 11.9 Å². The van der Waals surface area contributed by atoms with Crippen molar-refractivity contribution in [1.29, 1.82) is 0 Å². The third-order valence-electron chi connectivity index (χ3n) is 5.85. The monoisotopic (exact) mass is 486 g/mol. The predicted octanol–water partition coefficient (Wildman–Crippen LogP) is 6.99. The molecule has 1 amide bonds. The zero-order valence-electron chi connectivity index (χ0n) is 20.5. The molecule has 1 fully saturated rings. The summed E-state index contributed by atoms with van der Waals surface area (Å²) < 4.78 is 11.5. The minimum Gasteiger partial charge on any atom is -0.493 e. The standard InChI is InChI=1S/C29H30N2O3S/c1-5-21(3)31-28(32)27(35-29(31)30-24-14-11-20(2)12-15-24)18-23-13-16-25(26(17-23)33-4)34-19-22-9-7-6-8-10-22/h6-18,21H,5,19H2,1-4H3/b27-18+,30-29?/t21-/m0/s1. The van der Waals surface area contributed by atoms with Crippen molar-refractivity contribution in [3.05, 3.63) is 94.4 Å². The van der Waals surface area contributed by atoms with Gasteiger partial charge in [-0.15, -0.1) is 0 Å². The van der Waals surface area contributed by atoms with Gasteiger partial charge in [-0.2, -0.15) is 0 Å². The maximum atomic E-state index is 13.3. The van der Waals surface area contributed by atoms with Crippen LogP contribution in [0.2, 0.25) is 0 Å². The maximum Gasteiger partial charge on any atom is 0.266 e. The van der Waals surface area contributed by atoms with Crippen molar-refractivity contribution in [3.63, 3.8) is 0 Å². The number of amidine groups is 1. The Bertz CT molecular complexity index is 1240. The number of aryl methyl sites for hydroxylation is 1. The highest BCUT2D eigenvalue weighted by molar-refractivity contribution is 8.18. The Kier molecular flexibility index (Phi) is 7.93. The maximum absolute atomic E-state index is 13.3. The molecule has 6 heteroatoms. The molecule has 3 aromatic rings. The average Bonchev–Trinajstić information content (AvgIpc) is 3.18. The fraction of sp³-hybridized carbons (Fsp3) is 0.241. The first kappa shape index (κ1) is 24.6. The van der Waals surface area contributed by atoms with E-state index >= 15 is 0 Å². The number of carbonyl (C=O) groups is 1. The molecule has 35 heavy (non-hydrogen) atoms. The number of methoxy groups -OCH3 is 1. The van der Waals surface area contributed by atoms with E-state index in [2.05, 4.69) is 6.92 Å². The smallest absolute Gasteiger partial charge is 0.266 e. The number of aliphatic imine (C=N–C) groups is 1. The molecule has 0 saturated carbocycles. The largest absolute Gasteiger partial charge is 0.493 e. The molecule has 1 heterocycles. The van der Waals surface area contributed by atoms with Crippen LogP contribution in [-0.4, -0.2) is 29.1 Å². The van der Waals surface area contributed by atoms with Crippen LogP contribution in [0.3, 0.4) is 0 Å². The summed E-state index contributed by atoms with van der Waals surface area (Å²) in [6.45, 7) is 6.62. The lowest BCUT2D eigenvalue weighted by atomic mass is 10.1. The number of amides is 1. The minimum atomic E-state index is -0.0291. The Morgan fingerprint density at radius 2 is 1.77 bits per heavy atom. The molecule has 1 aliphatic rings. The van der Waals surface area contributed by atoms with Crippen LogP contribution >= 0.6 is 11.8 Å². The molecule has 1 atom stereocenters. The molecule has 0 N–H and O–H groups in total. The average molecular weight is 487 g/mol. The molecule has 5 nitrogen and oxygen atoms in total.